The summed E-state index contributed by atoms with van der Waals surface area (Å²) in [6.07, 6.45) is 2.80. The van der Waals surface area contributed by atoms with Crippen molar-refractivity contribution >= 4 is 5.91 Å². The highest BCUT2D eigenvalue weighted by molar-refractivity contribution is 5.79. The van der Waals surface area contributed by atoms with Crippen LogP contribution in [0, 0.1) is 12.8 Å². The number of carbonyl (C=O) groups is 1. The topological polar surface area (TPSA) is 75.6 Å². The van der Waals surface area contributed by atoms with Crippen LogP contribution in [-0.2, 0) is 11.3 Å². The van der Waals surface area contributed by atoms with Crippen molar-refractivity contribution in [1.82, 2.24) is 15.0 Å². The molecule has 0 aromatic carbocycles. The van der Waals surface area contributed by atoms with Crippen molar-refractivity contribution in [3.8, 4) is 0 Å². The summed E-state index contributed by atoms with van der Waals surface area (Å²) in [5.41, 5.74) is 6.82. The van der Waals surface area contributed by atoms with Crippen LogP contribution < -0.4 is 5.73 Å². The fourth-order valence-corrected chi connectivity index (χ4v) is 3.34. The van der Waals surface area contributed by atoms with E-state index in [1.165, 1.54) is 0 Å². The Morgan fingerprint density at radius 3 is 2.71 bits per heavy atom. The molecular formula is C15H24N4O2. The zero-order valence-electron chi connectivity index (χ0n) is 12.6. The third-order valence-corrected chi connectivity index (χ3v) is 4.56. The van der Waals surface area contributed by atoms with E-state index < -0.39 is 0 Å². The van der Waals surface area contributed by atoms with Crippen LogP contribution in [0.2, 0.25) is 0 Å². The SMILES string of the molecule is Cc1cc(CN2CCN(C(=O)C3CCC(N)C3)CC2)on1. The molecule has 1 saturated carbocycles. The Kier molecular flexibility index (Phi) is 4.26. The number of piperazine rings is 1. The second kappa shape index (κ2) is 6.15. The van der Waals surface area contributed by atoms with Gasteiger partial charge in [0.2, 0.25) is 5.91 Å². The van der Waals surface area contributed by atoms with Crippen LogP contribution in [0.1, 0.15) is 30.7 Å². The number of rotatable bonds is 3. The van der Waals surface area contributed by atoms with Crippen LogP contribution in [0.25, 0.3) is 0 Å². The van der Waals surface area contributed by atoms with Gasteiger partial charge in [-0.05, 0) is 26.2 Å². The lowest BCUT2D eigenvalue weighted by Crippen LogP contribution is -2.49. The van der Waals surface area contributed by atoms with Crippen LogP contribution >= 0.6 is 0 Å². The molecule has 1 aliphatic carbocycles. The molecule has 1 amide bonds. The number of amides is 1. The van der Waals surface area contributed by atoms with Crippen molar-refractivity contribution in [2.75, 3.05) is 26.2 Å². The fraction of sp³-hybridized carbons (Fsp3) is 0.733. The van der Waals surface area contributed by atoms with E-state index in [1.807, 2.05) is 17.9 Å². The van der Waals surface area contributed by atoms with Crippen molar-refractivity contribution in [2.45, 2.75) is 38.8 Å². The van der Waals surface area contributed by atoms with Crippen LogP contribution in [0.15, 0.2) is 10.6 Å². The van der Waals surface area contributed by atoms with E-state index in [4.69, 9.17) is 10.3 Å². The largest absolute Gasteiger partial charge is 0.360 e. The molecule has 0 spiro atoms. The van der Waals surface area contributed by atoms with Gasteiger partial charge in [-0.25, -0.2) is 0 Å². The first kappa shape index (κ1) is 14.5. The highest BCUT2D eigenvalue weighted by Gasteiger charge is 2.32. The Hall–Kier alpha value is -1.40. The molecule has 6 nitrogen and oxygen atoms in total. The van der Waals surface area contributed by atoms with E-state index in [-0.39, 0.29) is 12.0 Å². The standard InChI is InChI=1S/C15H24N4O2/c1-11-8-14(21-17-11)10-18-4-6-19(7-5-18)15(20)12-2-3-13(16)9-12/h8,12-13H,2-7,9-10,16H2,1H3. The molecule has 2 atom stereocenters. The van der Waals surface area contributed by atoms with Crippen LogP contribution in [0.5, 0.6) is 0 Å². The second-order valence-corrected chi connectivity index (χ2v) is 6.31. The molecule has 6 heteroatoms. The first-order valence-electron chi connectivity index (χ1n) is 7.81. The number of carbonyl (C=O) groups excluding carboxylic acids is 1. The molecule has 0 radical (unpaired) electrons. The van der Waals surface area contributed by atoms with Gasteiger partial charge in [-0.2, -0.15) is 0 Å². The molecule has 21 heavy (non-hydrogen) atoms. The molecule has 2 fully saturated rings. The fourth-order valence-electron chi connectivity index (χ4n) is 3.34. The molecule has 1 aromatic rings. The van der Waals surface area contributed by atoms with Crippen LogP contribution in [0.3, 0.4) is 0 Å². The smallest absolute Gasteiger partial charge is 0.225 e. The average Bonchev–Trinajstić information content (AvgIpc) is 3.08. The number of hydrogen-bond acceptors (Lipinski definition) is 5. The number of nitrogens with zero attached hydrogens (tertiary/aromatic N) is 3. The van der Waals surface area contributed by atoms with Crippen molar-refractivity contribution in [3.63, 3.8) is 0 Å². The lowest BCUT2D eigenvalue weighted by atomic mass is 10.1. The zero-order valence-corrected chi connectivity index (χ0v) is 12.6. The van der Waals surface area contributed by atoms with Gasteiger partial charge in [0.1, 0.15) is 0 Å². The third kappa shape index (κ3) is 3.44. The molecule has 2 heterocycles. The summed E-state index contributed by atoms with van der Waals surface area (Å²) in [6, 6.07) is 2.19. The van der Waals surface area contributed by atoms with Gasteiger partial charge in [-0.3, -0.25) is 9.69 Å². The molecule has 1 aliphatic heterocycles. The van der Waals surface area contributed by atoms with E-state index in [1.54, 1.807) is 0 Å². The number of aryl methyl sites for hydroxylation is 1. The van der Waals surface area contributed by atoms with Crippen LogP contribution in [-0.4, -0.2) is 53.1 Å². The quantitative estimate of drug-likeness (QED) is 0.890. The maximum absolute atomic E-state index is 12.4. The van der Waals surface area contributed by atoms with Crippen molar-refractivity contribution in [2.24, 2.45) is 11.7 Å². The Morgan fingerprint density at radius 1 is 1.38 bits per heavy atom. The molecule has 1 aromatic heterocycles. The summed E-state index contributed by atoms with van der Waals surface area (Å²) >= 11 is 0. The van der Waals surface area contributed by atoms with Gasteiger partial charge in [-0.1, -0.05) is 5.16 Å². The predicted molar refractivity (Wildman–Crippen MR) is 78.4 cm³/mol. The summed E-state index contributed by atoms with van der Waals surface area (Å²) in [4.78, 5) is 16.8. The molecule has 2 N–H and O–H groups in total. The first-order valence-corrected chi connectivity index (χ1v) is 7.81. The van der Waals surface area contributed by atoms with Crippen molar-refractivity contribution in [1.29, 1.82) is 0 Å². The van der Waals surface area contributed by atoms with Crippen LogP contribution in [0.4, 0.5) is 0 Å². The Bertz CT molecular complexity index is 494. The predicted octanol–water partition coefficient (Wildman–Crippen LogP) is 0.755. The summed E-state index contributed by atoms with van der Waals surface area (Å²) in [5, 5.41) is 3.91. The highest BCUT2D eigenvalue weighted by Crippen LogP contribution is 2.26. The summed E-state index contributed by atoms with van der Waals surface area (Å²) < 4.78 is 5.25. The van der Waals surface area contributed by atoms with Gasteiger partial charge in [0.25, 0.3) is 0 Å². The summed E-state index contributed by atoms with van der Waals surface area (Å²) in [6.45, 7) is 6.09. The first-order chi connectivity index (χ1) is 10.1. The van der Waals surface area contributed by atoms with Gasteiger partial charge in [0, 0.05) is 44.2 Å². The van der Waals surface area contributed by atoms with E-state index in [0.29, 0.717) is 5.91 Å². The van der Waals surface area contributed by atoms with Gasteiger partial charge >= 0.3 is 0 Å². The molecule has 0 bridgehead atoms. The molecule has 2 unspecified atom stereocenters. The van der Waals surface area contributed by atoms with E-state index >= 15 is 0 Å². The lowest BCUT2D eigenvalue weighted by molar-refractivity contribution is -0.137. The average molecular weight is 292 g/mol. The summed E-state index contributed by atoms with van der Waals surface area (Å²) in [5.74, 6) is 1.36. The number of aromatic nitrogens is 1. The molecule has 116 valence electrons. The molecule has 1 saturated heterocycles. The second-order valence-electron chi connectivity index (χ2n) is 6.31. The molecule has 2 aliphatic rings. The van der Waals surface area contributed by atoms with Gasteiger partial charge in [-0.15, -0.1) is 0 Å². The monoisotopic (exact) mass is 292 g/mol. The van der Waals surface area contributed by atoms with Gasteiger partial charge < -0.3 is 15.2 Å². The summed E-state index contributed by atoms with van der Waals surface area (Å²) in [7, 11) is 0. The van der Waals surface area contributed by atoms with Gasteiger partial charge in [0.15, 0.2) is 5.76 Å². The van der Waals surface area contributed by atoms with Gasteiger partial charge in [0.05, 0.1) is 12.2 Å². The van der Waals surface area contributed by atoms with E-state index in [2.05, 4.69) is 10.1 Å². The molecule has 3 rings (SSSR count). The maximum atomic E-state index is 12.4. The lowest BCUT2D eigenvalue weighted by Gasteiger charge is -2.35. The Balaban J connectivity index is 1.47. The Labute approximate surface area is 125 Å². The Morgan fingerprint density at radius 2 is 2.14 bits per heavy atom. The molecular weight excluding hydrogens is 268 g/mol. The third-order valence-electron chi connectivity index (χ3n) is 4.56. The highest BCUT2D eigenvalue weighted by atomic mass is 16.5. The van der Waals surface area contributed by atoms with E-state index in [0.717, 1.165) is 63.4 Å². The zero-order chi connectivity index (χ0) is 14.8. The van der Waals surface area contributed by atoms with Crippen molar-refractivity contribution in [3.05, 3.63) is 17.5 Å². The van der Waals surface area contributed by atoms with E-state index in [9.17, 15) is 4.79 Å². The maximum Gasteiger partial charge on any atom is 0.225 e. The minimum Gasteiger partial charge on any atom is -0.360 e. The number of hydrogen-bond donors (Lipinski definition) is 1. The normalized spacial score (nSPS) is 27.2. The minimum atomic E-state index is 0.156. The van der Waals surface area contributed by atoms with Crippen molar-refractivity contribution < 1.29 is 9.32 Å². The minimum absolute atomic E-state index is 0.156. The number of nitrogens with two attached hydrogens (primary N) is 1.